The van der Waals surface area contributed by atoms with Crippen LogP contribution in [0.5, 0.6) is 5.75 Å². The zero-order valence-corrected chi connectivity index (χ0v) is 12.7. The Labute approximate surface area is 126 Å². The number of carbonyl (C=O) groups is 1. The van der Waals surface area contributed by atoms with E-state index in [1.807, 2.05) is 49.4 Å². The zero-order chi connectivity index (χ0) is 14.5. The van der Waals surface area contributed by atoms with Crippen LogP contribution in [0.15, 0.2) is 46.9 Å². The molecule has 0 unspecified atom stereocenters. The lowest BCUT2D eigenvalue weighted by Gasteiger charge is -2.12. The molecule has 0 heterocycles. The van der Waals surface area contributed by atoms with Crippen LogP contribution in [0.1, 0.15) is 16.7 Å². The summed E-state index contributed by atoms with van der Waals surface area (Å²) in [4.78, 5) is 10.8. The average Bonchev–Trinajstić information content (AvgIpc) is 2.39. The molecule has 2 rings (SSSR count). The molecule has 104 valence electrons. The van der Waals surface area contributed by atoms with Gasteiger partial charge >= 0.3 is 5.97 Å². The van der Waals surface area contributed by atoms with Crippen LogP contribution < -0.4 is 4.74 Å². The minimum Gasteiger partial charge on any atom is -0.489 e. The van der Waals surface area contributed by atoms with Crippen LogP contribution in [-0.4, -0.2) is 11.1 Å². The van der Waals surface area contributed by atoms with E-state index >= 15 is 0 Å². The first-order valence-electron chi connectivity index (χ1n) is 6.24. The van der Waals surface area contributed by atoms with E-state index in [2.05, 4.69) is 15.9 Å². The van der Waals surface area contributed by atoms with Gasteiger partial charge in [0.25, 0.3) is 0 Å². The van der Waals surface area contributed by atoms with E-state index in [0.29, 0.717) is 6.61 Å². The molecule has 0 amide bonds. The Morgan fingerprint density at radius 3 is 2.55 bits per heavy atom. The SMILES string of the molecule is Cc1cc(Br)ccc1OCc1ccccc1CC(=O)O. The lowest BCUT2D eigenvalue weighted by molar-refractivity contribution is -0.136. The highest BCUT2D eigenvalue weighted by Crippen LogP contribution is 2.23. The minimum atomic E-state index is -0.836. The number of carboxylic acids is 1. The number of hydrogen-bond acceptors (Lipinski definition) is 2. The number of benzene rings is 2. The predicted molar refractivity (Wildman–Crippen MR) is 81.0 cm³/mol. The molecule has 0 aromatic heterocycles. The lowest BCUT2D eigenvalue weighted by atomic mass is 10.1. The summed E-state index contributed by atoms with van der Waals surface area (Å²) in [7, 11) is 0. The summed E-state index contributed by atoms with van der Waals surface area (Å²) in [6, 6.07) is 13.3. The van der Waals surface area contributed by atoms with Gasteiger partial charge in [-0.15, -0.1) is 0 Å². The number of aliphatic carboxylic acids is 1. The van der Waals surface area contributed by atoms with Crippen molar-refractivity contribution in [2.45, 2.75) is 20.0 Å². The van der Waals surface area contributed by atoms with Crippen molar-refractivity contribution in [2.75, 3.05) is 0 Å². The summed E-state index contributed by atoms with van der Waals surface area (Å²) in [5, 5.41) is 8.91. The number of rotatable bonds is 5. The van der Waals surface area contributed by atoms with Gasteiger partial charge in [0.05, 0.1) is 6.42 Å². The van der Waals surface area contributed by atoms with Crippen LogP contribution in [0.2, 0.25) is 0 Å². The van der Waals surface area contributed by atoms with Crippen molar-refractivity contribution in [1.29, 1.82) is 0 Å². The van der Waals surface area contributed by atoms with Gasteiger partial charge in [-0.2, -0.15) is 0 Å². The van der Waals surface area contributed by atoms with Crippen LogP contribution in [0.4, 0.5) is 0 Å². The molecule has 0 bridgehead atoms. The molecule has 0 spiro atoms. The van der Waals surface area contributed by atoms with Gasteiger partial charge in [-0.05, 0) is 41.8 Å². The Morgan fingerprint density at radius 1 is 1.20 bits per heavy atom. The zero-order valence-electron chi connectivity index (χ0n) is 11.1. The number of carboxylic acid groups (broad SMARTS) is 1. The third kappa shape index (κ3) is 3.84. The van der Waals surface area contributed by atoms with Gasteiger partial charge in [0.15, 0.2) is 0 Å². The quantitative estimate of drug-likeness (QED) is 0.900. The summed E-state index contributed by atoms with van der Waals surface area (Å²) in [5.41, 5.74) is 2.72. The van der Waals surface area contributed by atoms with Gasteiger partial charge in [0, 0.05) is 4.47 Å². The lowest BCUT2D eigenvalue weighted by Crippen LogP contribution is -2.06. The maximum absolute atomic E-state index is 10.8. The fourth-order valence-corrected chi connectivity index (χ4v) is 2.44. The van der Waals surface area contributed by atoms with Crippen LogP contribution in [0, 0.1) is 6.92 Å². The van der Waals surface area contributed by atoms with Gasteiger partial charge in [-0.25, -0.2) is 0 Å². The Morgan fingerprint density at radius 2 is 1.90 bits per heavy atom. The Kier molecular flexibility index (Phi) is 4.79. The fraction of sp³-hybridized carbons (Fsp3) is 0.188. The van der Waals surface area contributed by atoms with Crippen molar-refractivity contribution in [1.82, 2.24) is 0 Å². The van der Waals surface area contributed by atoms with Gasteiger partial charge in [-0.3, -0.25) is 4.79 Å². The highest BCUT2D eigenvalue weighted by atomic mass is 79.9. The van der Waals surface area contributed by atoms with E-state index in [-0.39, 0.29) is 6.42 Å². The Hall–Kier alpha value is -1.81. The second kappa shape index (κ2) is 6.57. The van der Waals surface area contributed by atoms with Crippen molar-refractivity contribution in [3.05, 3.63) is 63.6 Å². The molecule has 0 saturated heterocycles. The molecule has 0 aliphatic heterocycles. The first-order valence-corrected chi connectivity index (χ1v) is 7.03. The minimum absolute atomic E-state index is 0.0128. The van der Waals surface area contributed by atoms with E-state index in [0.717, 1.165) is 26.9 Å². The maximum atomic E-state index is 10.8. The van der Waals surface area contributed by atoms with Gasteiger partial charge in [0.1, 0.15) is 12.4 Å². The molecule has 0 saturated carbocycles. The van der Waals surface area contributed by atoms with Gasteiger partial charge < -0.3 is 9.84 Å². The summed E-state index contributed by atoms with van der Waals surface area (Å²) in [6.45, 7) is 2.34. The van der Waals surface area contributed by atoms with Gasteiger partial charge in [-0.1, -0.05) is 40.2 Å². The highest BCUT2D eigenvalue weighted by Gasteiger charge is 2.07. The fourth-order valence-electron chi connectivity index (χ4n) is 1.96. The summed E-state index contributed by atoms with van der Waals surface area (Å²) in [5.74, 6) is -0.0319. The monoisotopic (exact) mass is 334 g/mol. The highest BCUT2D eigenvalue weighted by molar-refractivity contribution is 9.10. The van der Waals surface area contributed by atoms with Crippen molar-refractivity contribution in [3.63, 3.8) is 0 Å². The second-order valence-electron chi connectivity index (χ2n) is 4.54. The van der Waals surface area contributed by atoms with E-state index < -0.39 is 5.97 Å². The number of hydrogen-bond donors (Lipinski definition) is 1. The largest absolute Gasteiger partial charge is 0.489 e. The molecule has 0 radical (unpaired) electrons. The topological polar surface area (TPSA) is 46.5 Å². The van der Waals surface area contributed by atoms with Crippen molar-refractivity contribution in [2.24, 2.45) is 0 Å². The summed E-state index contributed by atoms with van der Waals surface area (Å²) < 4.78 is 6.79. The standard InChI is InChI=1S/C16H15BrO3/c1-11-8-14(17)6-7-15(11)20-10-13-5-3-2-4-12(13)9-16(18)19/h2-8H,9-10H2,1H3,(H,18,19). The Balaban J connectivity index is 2.12. The Bertz CT molecular complexity index is 623. The molecule has 0 fully saturated rings. The van der Waals surface area contributed by atoms with Crippen molar-refractivity contribution < 1.29 is 14.6 Å². The third-order valence-electron chi connectivity index (χ3n) is 2.98. The number of halogens is 1. The normalized spacial score (nSPS) is 10.3. The average molecular weight is 335 g/mol. The first kappa shape index (κ1) is 14.6. The van der Waals surface area contributed by atoms with Crippen LogP contribution in [0.25, 0.3) is 0 Å². The van der Waals surface area contributed by atoms with Crippen LogP contribution in [0.3, 0.4) is 0 Å². The smallest absolute Gasteiger partial charge is 0.307 e. The molecule has 2 aromatic rings. The molecule has 0 aliphatic rings. The predicted octanol–water partition coefficient (Wildman–Crippen LogP) is 3.96. The third-order valence-corrected chi connectivity index (χ3v) is 3.47. The molecule has 1 N–H and O–H groups in total. The van der Waals surface area contributed by atoms with Crippen molar-refractivity contribution in [3.8, 4) is 5.75 Å². The van der Waals surface area contributed by atoms with E-state index in [4.69, 9.17) is 9.84 Å². The molecule has 0 atom stereocenters. The second-order valence-corrected chi connectivity index (χ2v) is 5.45. The molecule has 4 heteroatoms. The molecule has 2 aromatic carbocycles. The molecular formula is C16H15BrO3. The first-order chi connectivity index (χ1) is 9.56. The number of aryl methyl sites for hydroxylation is 1. The number of ether oxygens (including phenoxy) is 1. The van der Waals surface area contributed by atoms with Crippen LogP contribution in [-0.2, 0) is 17.8 Å². The molecule has 0 aliphatic carbocycles. The van der Waals surface area contributed by atoms with E-state index in [1.165, 1.54) is 0 Å². The van der Waals surface area contributed by atoms with E-state index in [9.17, 15) is 4.79 Å². The molecule has 3 nitrogen and oxygen atoms in total. The van der Waals surface area contributed by atoms with Gasteiger partial charge in [0.2, 0.25) is 0 Å². The van der Waals surface area contributed by atoms with Crippen molar-refractivity contribution >= 4 is 21.9 Å². The van der Waals surface area contributed by atoms with Crippen LogP contribution >= 0.6 is 15.9 Å². The summed E-state index contributed by atoms with van der Waals surface area (Å²) >= 11 is 3.41. The summed E-state index contributed by atoms with van der Waals surface area (Å²) in [6.07, 6.45) is 0.0128. The molecular weight excluding hydrogens is 320 g/mol. The van der Waals surface area contributed by atoms with E-state index in [1.54, 1.807) is 0 Å². The maximum Gasteiger partial charge on any atom is 0.307 e. The molecule has 20 heavy (non-hydrogen) atoms.